The third-order valence-electron chi connectivity index (χ3n) is 2.89. The van der Waals surface area contributed by atoms with Crippen LogP contribution < -0.4 is 0 Å². The van der Waals surface area contributed by atoms with Crippen molar-refractivity contribution in [2.75, 3.05) is 13.1 Å². The summed E-state index contributed by atoms with van der Waals surface area (Å²) in [5.41, 5.74) is 1.40. The molecule has 0 fully saturated rings. The zero-order valence-electron chi connectivity index (χ0n) is 8.77. The molecule has 1 aliphatic heterocycles. The van der Waals surface area contributed by atoms with Crippen LogP contribution in [-0.4, -0.2) is 24.3 Å². The lowest BCUT2D eigenvalue weighted by molar-refractivity contribution is 0.242. The Hall–Kier alpha value is -1.31. The molecule has 0 amide bonds. The van der Waals surface area contributed by atoms with E-state index in [1.54, 1.807) is 0 Å². The average Bonchev–Trinajstić information content (AvgIpc) is 2.72. The molecule has 0 saturated carbocycles. The Morgan fingerprint density at radius 2 is 1.93 bits per heavy atom. The Morgan fingerprint density at radius 3 is 2.50 bits per heavy atom. The molecule has 0 aliphatic carbocycles. The average molecular weight is 188 g/mol. The van der Waals surface area contributed by atoms with Crippen LogP contribution in [0.25, 0.3) is 0 Å². The molecule has 0 unspecified atom stereocenters. The van der Waals surface area contributed by atoms with Crippen LogP contribution in [0.4, 0.5) is 0 Å². The molecule has 0 spiro atoms. The molecule has 0 N–H and O–H groups in total. The van der Waals surface area contributed by atoms with Crippen LogP contribution in [-0.2, 0) is 5.54 Å². The van der Waals surface area contributed by atoms with Crippen molar-refractivity contribution in [3.05, 3.63) is 35.9 Å². The summed E-state index contributed by atoms with van der Waals surface area (Å²) in [6.45, 7) is 6.43. The van der Waals surface area contributed by atoms with Crippen LogP contribution >= 0.6 is 0 Å². The van der Waals surface area contributed by atoms with Gasteiger partial charge in [0.05, 0.1) is 18.4 Å². The van der Waals surface area contributed by atoms with Gasteiger partial charge in [0.25, 0.3) is 0 Å². The minimum absolute atomic E-state index is 0.0568. The second kappa shape index (κ2) is 3.45. The van der Waals surface area contributed by atoms with E-state index in [9.17, 15) is 0 Å². The summed E-state index contributed by atoms with van der Waals surface area (Å²) in [5, 5.41) is 0. The second-order valence-electron chi connectivity index (χ2n) is 4.14. The molecule has 1 aromatic rings. The van der Waals surface area contributed by atoms with Crippen LogP contribution in [0.2, 0.25) is 0 Å². The molecule has 0 atom stereocenters. The Kier molecular flexibility index (Phi) is 2.28. The predicted octanol–water partition coefficient (Wildman–Crippen LogP) is 2.27. The number of aliphatic imine (C=N–C) groups is 1. The quantitative estimate of drug-likeness (QED) is 0.695. The van der Waals surface area contributed by atoms with E-state index in [0.29, 0.717) is 0 Å². The Bertz CT molecular complexity index is 327. The maximum atomic E-state index is 4.26. The normalized spacial score (nSPS) is 16.3. The Balaban J connectivity index is 2.27. The fourth-order valence-corrected chi connectivity index (χ4v) is 1.82. The summed E-state index contributed by atoms with van der Waals surface area (Å²) in [6, 6.07) is 10.6. The van der Waals surface area contributed by atoms with Crippen molar-refractivity contribution >= 4 is 6.34 Å². The molecular weight excluding hydrogens is 172 g/mol. The van der Waals surface area contributed by atoms with Crippen molar-refractivity contribution in [3.8, 4) is 0 Å². The summed E-state index contributed by atoms with van der Waals surface area (Å²) in [5.74, 6) is 0. The van der Waals surface area contributed by atoms with Crippen molar-refractivity contribution in [1.82, 2.24) is 4.90 Å². The molecular formula is C12H16N2. The van der Waals surface area contributed by atoms with Gasteiger partial charge < -0.3 is 4.90 Å². The van der Waals surface area contributed by atoms with Crippen molar-refractivity contribution in [2.24, 2.45) is 4.99 Å². The number of hydrogen-bond donors (Lipinski definition) is 0. The minimum atomic E-state index is 0.0568. The highest BCUT2D eigenvalue weighted by Crippen LogP contribution is 2.27. The van der Waals surface area contributed by atoms with Crippen LogP contribution in [0.5, 0.6) is 0 Å². The first-order chi connectivity index (χ1) is 6.71. The lowest BCUT2D eigenvalue weighted by atomic mass is 9.93. The first-order valence-electron chi connectivity index (χ1n) is 5.03. The van der Waals surface area contributed by atoms with E-state index in [4.69, 9.17) is 0 Å². The molecule has 1 aromatic carbocycles. The zero-order valence-corrected chi connectivity index (χ0v) is 8.77. The number of nitrogens with zero attached hydrogens (tertiary/aromatic N) is 2. The summed E-state index contributed by atoms with van der Waals surface area (Å²) < 4.78 is 0. The molecule has 0 radical (unpaired) electrons. The topological polar surface area (TPSA) is 15.6 Å². The molecule has 2 heteroatoms. The first-order valence-corrected chi connectivity index (χ1v) is 5.03. The zero-order chi connectivity index (χ0) is 10.0. The Morgan fingerprint density at radius 1 is 1.21 bits per heavy atom. The molecule has 74 valence electrons. The third-order valence-corrected chi connectivity index (χ3v) is 2.89. The van der Waals surface area contributed by atoms with Crippen molar-refractivity contribution < 1.29 is 0 Å². The van der Waals surface area contributed by atoms with Gasteiger partial charge in [-0.2, -0.15) is 0 Å². The molecule has 2 rings (SSSR count). The lowest BCUT2D eigenvalue weighted by Crippen LogP contribution is -2.39. The van der Waals surface area contributed by atoms with Gasteiger partial charge >= 0.3 is 0 Å². The molecule has 0 bridgehead atoms. The molecule has 1 aliphatic rings. The second-order valence-corrected chi connectivity index (χ2v) is 4.14. The number of hydrogen-bond acceptors (Lipinski definition) is 2. The van der Waals surface area contributed by atoms with Gasteiger partial charge in [0.2, 0.25) is 0 Å². The van der Waals surface area contributed by atoms with Crippen LogP contribution in [0.1, 0.15) is 19.4 Å². The summed E-state index contributed by atoms with van der Waals surface area (Å²) in [7, 11) is 0. The summed E-state index contributed by atoms with van der Waals surface area (Å²) >= 11 is 0. The molecule has 14 heavy (non-hydrogen) atoms. The SMILES string of the molecule is CC(C)(c1ccccc1)N1C=NCC1. The van der Waals surface area contributed by atoms with E-state index in [1.165, 1.54) is 5.56 Å². The maximum absolute atomic E-state index is 4.26. The van der Waals surface area contributed by atoms with Gasteiger partial charge in [-0.15, -0.1) is 0 Å². The van der Waals surface area contributed by atoms with Crippen LogP contribution in [0.3, 0.4) is 0 Å². The van der Waals surface area contributed by atoms with Crippen molar-refractivity contribution in [2.45, 2.75) is 19.4 Å². The Labute approximate surface area is 85.3 Å². The highest BCUT2D eigenvalue weighted by atomic mass is 15.2. The van der Waals surface area contributed by atoms with Crippen LogP contribution in [0.15, 0.2) is 35.3 Å². The molecule has 0 saturated heterocycles. The third kappa shape index (κ3) is 1.52. The highest BCUT2D eigenvalue weighted by molar-refractivity contribution is 5.59. The van der Waals surface area contributed by atoms with E-state index in [0.717, 1.165) is 13.1 Å². The fourth-order valence-electron chi connectivity index (χ4n) is 1.82. The van der Waals surface area contributed by atoms with Gasteiger partial charge in [-0.3, -0.25) is 4.99 Å². The van der Waals surface area contributed by atoms with E-state index in [2.05, 4.69) is 54.1 Å². The highest BCUT2D eigenvalue weighted by Gasteiger charge is 2.27. The van der Waals surface area contributed by atoms with Gasteiger partial charge in [-0.1, -0.05) is 30.3 Å². The van der Waals surface area contributed by atoms with Gasteiger partial charge in [-0.05, 0) is 19.4 Å². The first kappa shape index (κ1) is 9.25. The number of rotatable bonds is 2. The van der Waals surface area contributed by atoms with Crippen LogP contribution in [0, 0.1) is 0 Å². The summed E-state index contributed by atoms with van der Waals surface area (Å²) in [6.07, 6.45) is 1.97. The maximum Gasteiger partial charge on any atom is 0.0858 e. The van der Waals surface area contributed by atoms with Gasteiger partial charge in [0.1, 0.15) is 0 Å². The minimum Gasteiger partial charge on any atom is -0.352 e. The molecule has 2 nitrogen and oxygen atoms in total. The van der Waals surface area contributed by atoms with Gasteiger partial charge in [0.15, 0.2) is 0 Å². The largest absolute Gasteiger partial charge is 0.352 e. The van der Waals surface area contributed by atoms with Gasteiger partial charge in [0, 0.05) is 6.54 Å². The smallest absolute Gasteiger partial charge is 0.0858 e. The van der Waals surface area contributed by atoms with E-state index in [-0.39, 0.29) is 5.54 Å². The van der Waals surface area contributed by atoms with Crippen molar-refractivity contribution in [1.29, 1.82) is 0 Å². The van der Waals surface area contributed by atoms with E-state index >= 15 is 0 Å². The molecule has 1 heterocycles. The monoisotopic (exact) mass is 188 g/mol. The fraction of sp³-hybridized carbons (Fsp3) is 0.417. The van der Waals surface area contributed by atoms with E-state index in [1.807, 2.05) is 6.34 Å². The lowest BCUT2D eigenvalue weighted by Gasteiger charge is -2.35. The summed E-state index contributed by atoms with van der Waals surface area (Å²) in [4.78, 5) is 6.55. The predicted molar refractivity (Wildman–Crippen MR) is 59.5 cm³/mol. The number of benzene rings is 1. The van der Waals surface area contributed by atoms with E-state index < -0.39 is 0 Å². The van der Waals surface area contributed by atoms with Crippen molar-refractivity contribution in [3.63, 3.8) is 0 Å². The standard InChI is InChI=1S/C12H16N2/c1-12(2,14-9-8-13-10-14)11-6-4-3-5-7-11/h3-7,10H,8-9H2,1-2H3. The van der Waals surface area contributed by atoms with Gasteiger partial charge in [-0.25, -0.2) is 0 Å². The molecule has 0 aromatic heterocycles.